The molecule has 18 heavy (non-hydrogen) atoms. The summed E-state index contributed by atoms with van der Waals surface area (Å²) in [6.07, 6.45) is 2.30. The molecule has 1 aliphatic heterocycles. The number of amidine groups is 1. The minimum absolute atomic E-state index is 0.254. The van der Waals surface area contributed by atoms with Crippen molar-refractivity contribution in [3.05, 3.63) is 29.6 Å². The number of aryl methyl sites for hydroxylation is 1. The third-order valence-electron chi connectivity index (χ3n) is 3.54. The number of hydrogen-bond donors (Lipinski definition) is 1. The summed E-state index contributed by atoms with van der Waals surface area (Å²) in [5.74, 6) is 1.13. The van der Waals surface area contributed by atoms with Crippen molar-refractivity contribution in [3.63, 3.8) is 0 Å². The first-order valence-electron chi connectivity index (χ1n) is 6.55. The van der Waals surface area contributed by atoms with E-state index in [9.17, 15) is 0 Å². The van der Waals surface area contributed by atoms with Crippen LogP contribution in [0.2, 0.25) is 0 Å². The third-order valence-corrected chi connectivity index (χ3v) is 4.74. The van der Waals surface area contributed by atoms with Crippen LogP contribution in [0.3, 0.4) is 0 Å². The van der Waals surface area contributed by atoms with Crippen LogP contribution in [0.15, 0.2) is 23.2 Å². The van der Waals surface area contributed by atoms with Crippen molar-refractivity contribution in [2.45, 2.75) is 45.7 Å². The maximum Gasteiger partial charge on any atom is 0.157 e. The van der Waals surface area contributed by atoms with Crippen molar-refractivity contribution in [2.24, 2.45) is 4.99 Å². The smallest absolute Gasteiger partial charge is 0.157 e. The molecule has 0 amide bonds. The molecule has 2 rings (SSSR count). The van der Waals surface area contributed by atoms with Gasteiger partial charge >= 0.3 is 0 Å². The summed E-state index contributed by atoms with van der Waals surface area (Å²) in [5.41, 5.74) is 2.34. The van der Waals surface area contributed by atoms with Crippen LogP contribution in [0.25, 0.3) is 0 Å². The van der Waals surface area contributed by atoms with Crippen LogP contribution >= 0.6 is 11.8 Å². The molecular formula is C14H21N3S. The predicted molar refractivity (Wildman–Crippen MR) is 79.0 cm³/mol. The zero-order valence-corrected chi connectivity index (χ0v) is 12.2. The summed E-state index contributed by atoms with van der Waals surface area (Å²) in [5, 5.41) is 4.65. The SMILES string of the molecule is CCC1(CC)CSC(=NCc2cccc(C)n2)N1. The number of pyridine rings is 1. The number of nitrogens with one attached hydrogen (secondary N) is 1. The van der Waals surface area contributed by atoms with Gasteiger partial charge in [0, 0.05) is 17.0 Å². The monoisotopic (exact) mass is 263 g/mol. The molecule has 1 saturated heterocycles. The van der Waals surface area contributed by atoms with E-state index in [2.05, 4.69) is 29.1 Å². The summed E-state index contributed by atoms with van der Waals surface area (Å²) in [4.78, 5) is 9.10. The zero-order valence-electron chi connectivity index (χ0n) is 11.4. The highest BCUT2D eigenvalue weighted by molar-refractivity contribution is 8.14. The van der Waals surface area contributed by atoms with Crippen molar-refractivity contribution in [2.75, 3.05) is 5.75 Å². The van der Waals surface area contributed by atoms with Gasteiger partial charge in [0.25, 0.3) is 0 Å². The topological polar surface area (TPSA) is 37.3 Å². The lowest BCUT2D eigenvalue weighted by Gasteiger charge is -2.25. The molecule has 0 spiro atoms. The van der Waals surface area contributed by atoms with Crippen molar-refractivity contribution >= 4 is 16.9 Å². The predicted octanol–water partition coefficient (Wildman–Crippen LogP) is 3.14. The Morgan fingerprint density at radius 2 is 2.17 bits per heavy atom. The molecule has 0 aromatic carbocycles. The van der Waals surface area contributed by atoms with Gasteiger partial charge in [-0.3, -0.25) is 9.98 Å². The minimum Gasteiger partial charge on any atom is -0.359 e. The summed E-state index contributed by atoms with van der Waals surface area (Å²) < 4.78 is 0. The second-order valence-corrected chi connectivity index (χ2v) is 5.76. The number of aliphatic imine (C=N–C) groups is 1. The fourth-order valence-electron chi connectivity index (χ4n) is 2.06. The lowest BCUT2D eigenvalue weighted by Crippen LogP contribution is -2.42. The van der Waals surface area contributed by atoms with Gasteiger partial charge in [-0.15, -0.1) is 0 Å². The maximum absolute atomic E-state index is 4.63. The van der Waals surface area contributed by atoms with E-state index in [1.807, 2.05) is 36.9 Å². The van der Waals surface area contributed by atoms with E-state index in [0.29, 0.717) is 6.54 Å². The quantitative estimate of drug-likeness (QED) is 0.906. The van der Waals surface area contributed by atoms with Crippen LogP contribution in [0.4, 0.5) is 0 Å². The number of thioether (sulfide) groups is 1. The first-order valence-corrected chi connectivity index (χ1v) is 7.54. The number of nitrogens with zero attached hydrogens (tertiary/aromatic N) is 2. The summed E-state index contributed by atoms with van der Waals surface area (Å²) >= 11 is 1.83. The molecule has 4 heteroatoms. The van der Waals surface area contributed by atoms with Crippen molar-refractivity contribution in [1.82, 2.24) is 10.3 Å². The van der Waals surface area contributed by atoms with Gasteiger partial charge in [0.2, 0.25) is 0 Å². The maximum atomic E-state index is 4.63. The molecule has 1 N–H and O–H groups in total. The van der Waals surface area contributed by atoms with E-state index in [4.69, 9.17) is 0 Å². The Morgan fingerprint density at radius 1 is 1.39 bits per heavy atom. The molecule has 98 valence electrons. The molecule has 1 fully saturated rings. The van der Waals surface area contributed by atoms with Crippen LogP contribution in [0, 0.1) is 6.92 Å². The van der Waals surface area contributed by atoms with Gasteiger partial charge in [-0.2, -0.15) is 0 Å². The van der Waals surface area contributed by atoms with E-state index in [1.54, 1.807) is 0 Å². The Balaban J connectivity index is 1.99. The summed E-state index contributed by atoms with van der Waals surface area (Å²) in [6, 6.07) is 6.08. The molecule has 0 saturated carbocycles. The second-order valence-electron chi connectivity index (χ2n) is 4.79. The van der Waals surface area contributed by atoms with Gasteiger partial charge in [-0.25, -0.2) is 0 Å². The molecule has 1 aromatic rings. The van der Waals surface area contributed by atoms with Crippen molar-refractivity contribution < 1.29 is 0 Å². The molecular weight excluding hydrogens is 242 g/mol. The highest BCUT2D eigenvalue weighted by Crippen LogP contribution is 2.29. The lowest BCUT2D eigenvalue weighted by atomic mass is 9.96. The molecule has 1 aliphatic rings. The molecule has 0 aliphatic carbocycles. The molecule has 2 heterocycles. The first kappa shape index (κ1) is 13.4. The Hall–Kier alpha value is -1.03. The number of hydrogen-bond acceptors (Lipinski definition) is 3. The van der Waals surface area contributed by atoms with Crippen LogP contribution in [0.5, 0.6) is 0 Å². The van der Waals surface area contributed by atoms with Crippen LogP contribution in [0.1, 0.15) is 38.1 Å². The van der Waals surface area contributed by atoms with Gasteiger partial charge in [-0.1, -0.05) is 31.7 Å². The molecule has 0 radical (unpaired) electrons. The van der Waals surface area contributed by atoms with Gasteiger partial charge in [0.15, 0.2) is 5.17 Å². The van der Waals surface area contributed by atoms with E-state index < -0.39 is 0 Å². The van der Waals surface area contributed by atoms with Crippen molar-refractivity contribution in [1.29, 1.82) is 0 Å². The van der Waals surface area contributed by atoms with Crippen LogP contribution in [-0.4, -0.2) is 21.4 Å². The largest absolute Gasteiger partial charge is 0.359 e. The highest BCUT2D eigenvalue weighted by Gasteiger charge is 2.33. The lowest BCUT2D eigenvalue weighted by molar-refractivity contribution is 0.407. The standard InChI is InChI=1S/C14H21N3S/c1-4-14(5-2)10-18-13(17-14)15-9-12-8-6-7-11(3)16-12/h6-8H,4-5,9-10H2,1-3H3,(H,15,17). The Kier molecular flexibility index (Phi) is 4.27. The molecule has 0 bridgehead atoms. The molecule has 0 unspecified atom stereocenters. The van der Waals surface area contributed by atoms with E-state index in [-0.39, 0.29) is 5.54 Å². The Morgan fingerprint density at radius 3 is 2.78 bits per heavy atom. The van der Waals surface area contributed by atoms with Gasteiger partial charge < -0.3 is 5.32 Å². The fraction of sp³-hybridized carbons (Fsp3) is 0.571. The van der Waals surface area contributed by atoms with Crippen LogP contribution in [-0.2, 0) is 6.54 Å². The molecule has 3 nitrogen and oxygen atoms in total. The Labute approximate surface area is 113 Å². The summed E-state index contributed by atoms with van der Waals surface area (Å²) in [7, 11) is 0. The summed E-state index contributed by atoms with van der Waals surface area (Å²) in [6.45, 7) is 7.16. The third kappa shape index (κ3) is 3.05. The second kappa shape index (κ2) is 5.74. The molecule has 1 aromatic heterocycles. The highest BCUT2D eigenvalue weighted by atomic mass is 32.2. The van der Waals surface area contributed by atoms with Gasteiger partial charge in [-0.05, 0) is 31.9 Å². The average molecular weight is 263 g/mol. The fourth-order valence-corrected chi connectivity index (χ4v) is 3.40. The number of rotatable bonds is 4. The van der Waals surface area contributed by atoms with Crippen LogP contribution < -0.4 is 5.32 Å². The number of aromatic nitrogens is 1. The molecule has 0 atom stereocenters. The van der Waals surface area contributed by atoms with Gasteiger partial charge in [0.05, 0.1) is 12.2 Å². The minimum atomic E-state index is 0.254. The average Bonchev–Trinajstić information content (AvgIpc) is 2.81. The van der Waals surface area contributed by atoms with E-state index in [0.717, 1.165) is 35.2 Å². The normalized spacial score (nSPS) is 20.1. The zero-order chi connectivity index (χ0) is 13.0. The van der Waals surface area contributed by atoms with Crippen molar-refractivity contribution in [3.8, 4) is 0 Å². The van der Waals surface area contributed by atoms with Gasteiger partial charge in [0.1, 0.15) is 0 Å². The van der Waals surface area contributed by atoms with E-state index in [1.165, 1.54) is 0 Å². The van der Waals surface area contributed by atoms with E-state index >= 15 is 0 Å². The first-order chi connectivity index (χ1) is 8.67. The Bertz CT molecular complexity index is 438.